The molecule has 0 aromatic heterocycles. The molecule has 0 radical (unpaired) electrons. The maximum atomic E-state index is 6.08. The summed E-state index contributed by atoms with van der Waals surface area (Å²) in [6.07, 6.45) is 11.4. The zero-order valence-corrected chi connectivity index (χ0v) is 11.5. The van der Waals surface area contributed by atoms with E-state index >= 15 is 0 Å². The largest absolute Gasteiger partial charge is 0.329 e. The van der Waals surface area contributed by atoms with Gasteiger partial charge in [-0.15, -0.1) is 0 Å². The van der Waals surface area contributed by atoms with Gasteiger partial charge in [0.2, 0.25) is 0 Å². The SMILES string of the molecule is CC1CCN(C(CN)C2CCCCCC2)CC1. The summed E-state index contributed by atoms with van der Waals surface area (Å²) in [4.78, 5) is 2.70. The number of likely N-dealkylation sites (tertiary alicyclic amines) is 1. The van der Waals surface area contributed by atoms with E-state index in [1.54, 1.807) is 0 Å². The molecule has 2 aliphatic rings. The second-order valence-corrected chi connectivity index (χ2v) is 6.27. The van der Waals surface area contributed by atoms with E-state index in [0.717, 1.165) is 18.4 Å². The van der Waals surface area contributed by atoms with Gasteiger partial charge in [-0.05, 0) is 50.6 Å². The molecule has 2 fully saturated rings. The highest BCUT2D eigenvalue weighted by Gasteiger charge is 2.28. The Kier molecular flexibility index (Phi) is 5.30. The molecule has 1 saturated carbocycles. The van der Waals surface area contributed by atoms with Crippen LogP contribution in [0.2, 0.25) is 0 Å². The van der Waals surface area contributed by atoms with Crippen molar-refractivity contribution in [2.45, 2.75) is 64.3 Å². The van der Waals surface area contributed by atoms with Crippen molar-refractivity contribution in [3.63, 3.8) is 0 Å². The van der Waals surface area contributed by atoms with Crippen LogP contribution in [0.15, 0.2) is 0 Å². The van der Waals surface area contributed by atoms with Crippen LogP contribution in [0.25, 0.3) is 0 Å². The second kappa shape index (κ2) is 6.75. The predicted octanol–water partition coefficient (Wildman–Crippen LogP) is 3.02. The van der Waals surface area contributed by atoms with Crippen LogP contribution >= 0.6 is 0 Å². The van der Waals surface area contributed by atoms with Gasteiger partial charge >= 0.3 is 0 Å². The van der Waals surface area contributed by atoms with E-state index < -0.39 is 0 Å². The Bertz CT molecular complexity index is 201. The Hall–Kier alpha value is -0.0800. The smallest absolute Gasteiger partial charge is 0.0246 e. The highest BCUT2D eigenvalue weighted by atomic mass is 15.2. The van der Waals surface area contributed by atoms with Gasteiger partial charge < -0.3 is 5.73 Å². The number of nitrogens with zero attached hydrogens (tertiary/aromatic N) is 1. The van der Waals surface area contributed by atoms with E-state index in [1.807, 2.05) is 0 Å². The lowest BCUT2D eigenvalue weighted by Gasteiger charge is -2.40. The van der Waals surface area contributed by atoms with Crippen LogP contribution in [0.5, 0.6) is 0 Å². The lowest BCUT2D eigenvalue weighted by atomic mass is 9.88. The minimum atomic E-state index is 0.681. The fraction of sp³-hybridized carbons (Fsp3) is 1.00. The van der Waals surface area contributed by atoms with Crippen molar-refractivity contribution in [1.82, 2.24) is 4.90 Å². The molecule has 2 N–H and O–H groups in total. The molecule has 1 saturated heterocycles. The van der Waals surface area contributed by atoms with Crippen molar-refractivity contribution in [2.75, 3.05) is 19.6 Å². The summed E-state index contributed by atoms with van der Waals surface area (Å²) in [6.45, 7) is 5.85. The van der Waals surface area contributed by atoms with Gasteiger partial charge in [0.05, 0.1) is 0 Å². The maximum Gasteiger partial charge on any atom is 0.0246 e. The first-order valence-corrected chi connectivity index (χ1v) is 7.75. The monoisotopic (exact) mass is 238 g/mol. The van der Waals surface area contributed by atoms with Crippen molar-refractivity contribution in [1.29, 1.82) is 0 Å². The molecule has 0 amide bonds. The average molecular weight is 238 g/mol. The molecule has 1 heterocycles. The lowest BCUT2D eigenvalue weighted by Crippen LogP contribution is -2.48. The molecule has 1 unspecified atom stereocenters. The summed E-state index contributed by atoms with van der Waals surface area (Å²) in [5.74, 6) is 1.81. The summed E-state index contributed by atoms with van der Waals surface area (Å²) in [5.41, 5.74) is 6.08. The summed E-state index contributed by atoms with van der Waals surface area (Å²) in [6, 6.07) is 0.681. The van der Waals surface area contributed by atoms with Crippen molar-refractivity contribution in [3.8, 4) is 0 Å². The molecule has 0 bridgehead atoms. The molecular formula is C15H30N2. The highest BCUT2D eigenvalue weighted by Crippen LogP contribution is 2.29. The fourth-order valence-electron chi connectivity index (χ4n) is 3.70. The van der Waals surface area contributed by atoms with Crippen LogP contribution in [0.3, 0.4) is 0 Å². The van der Waals surface area contributed by atoms with Gasteiger partial charge in [-0.3, -0.25) is 4.90 Å². The predicted molar refractivity (Wildman–Crippen MR) is 74.0 cm³/mol. The van der Waals surface area contributed by atoms with E-state index in [4.69, 9.17) is 5.73 Å². The van der Waals surface area contributed by atoms with E-state index in [1.165, 1.54) is 64.5 Å². The van der Waals surface area contributed by atoms with Crippen molar-refractivity contribution >= 4 is 0 Å². The van der Waals surface area contributed by atoms with Crippen LogP contribution in [0, 0.1) is 11.8 Å². The number of rotatable bonds is 3. The molecule has 0 aromatic rings. The second-order valence-electron chi connectivity index (χ2n) is 6.27. The zero-order valence-electron chi connectivity index (χ0n) is 11.5. The lowest BCUT2D eigenvalue weighted by molar-refractivity contribution is 0.0959. The van der Waals surface area contributed by atoms with E-state index in [2.05, 4.69) is 11.8 Å². The zero-order chi connectivity index (χ0) is 12.1. The minimum Gasteiger partial charge on any atom is -0.329 e. The molecule has 1 atom stereocenters. The fourth-order valence-corrected chi connectivity index (χ4v) is 3.70. The van der Waals surface area contributed by atoms with Gasteiger partial charge in [-0.25, -0.2) is 0 Å². The van der Waals surface area contributed by atoms with Crippen LogP contribution in [-0.2, 0) is 0 Å². The number of nitrogens with two attached hydrogens (primary N) is 1. The van der Waals surface area contributed by atoms with Crippen molar-refractivity contribution in [3.05, 3.63) is 0 Å². The molecular weight excluding hydrogens is 208 g/mol. The number of hydrogen-bond acceptors (Lipinski definition) is 2. The Morgan fingerprint density at radius 3 is 2.12 bits per heavy atom. The highest BCUT2D eigenvalue weighted by molar-refractivity contribution is 4.84. The standard InChI is InChI=1S/C15H30N2/c1-13-8-10-17(11-9-13)15(12-16)14-6-4-2-3-5-7-14/h13-15H,2-12,16H2,1H3. The van der Waals surface area contributed by atoms with Crippen LogP contribution in [-0.4, -0.2) is 30.6 Å². The van der Waals surface area contributed by atoms with Gasteiger partial charge in [0, 0.05) is 12.6 Å². The number of hydrogen-bond donors (Lipinski definition) is 1. The first-order chi connectivity index (χ1) is 8.31. The quantitative estimate of drug-likeness (QED) is 0.766. The number of piperidine rings is 1. The Balaban J connectivity index is 1.89. The first kappa shape index (κ1) is 13.4. The molecule has 1 aliphatic heterocycles. The van der Waals surface area contributed by atoms with Gasteiger partial charge in [-0.1, -0.05) is 32.6 Å². The Morgan fingerprint density at radius 1 is 1.00 bits per heavy atom. The van der Waals surface area contributed by atoms with Gasteiger partial charge in [0.25, 0.3) is 0 Å². The third kappa shape index (κ3) is 3.69. The van der Waals surface area contributed by atoms with E-state index in [-0.39, 0.29) is 0 Å². The van der Waals surface area contributed by atoms with Crippen LogP contribution in [0.1, 0.15) is 58.3 Å². The first-order valence-electron chi connectivity index (χ1n) is 7.75. The molecule has 17 heavy (non-hydrogen) atoms. The molecule has 2 heteroatoms. The van der Waals surface area contributed by atoms with Crippen molar-refractivity contribution in [2.24, 2.45) is 17.6 Å². The summed E-state index contributed by atoms with van der Waals surface area (Å²) in [5, 5.41) is 0. The van der Waals surface area contributed by atoms with Crippen LogP contribution < -0.4 is 5.73 Å². The minimum absolute atomic E-state index is 0.681. The molecule has 100 valence electrons. The molecule has 2 nitrogen and oxygen atoms in total. The van der Waals surface area contributed by atoms with E-state index in [9.17, 15) is 0 Å². The maximum absolute atomic E-state index is 6.08. The van der Waals surface area contributed by atoms with Gasteiger partial charge in [0.15, 0.2) is 0 Å². The Labute approximate surface area is 107 Å². The molecule has 0 spiro atoms. The molecule has 2 rings (SSSR count). The molecule has 0 aromatic carbocycles. The summed E-state index contributed by atoms with van der Waals surface area (Å²) >= 11 is 0. The van der Waals surface area contributed by atoms with Crippen LogP contribution in [0.4, 0.5) is 0 Å². The van der Waals surface area contributed by atoms with E-state index in [0.29, 0.717) is 6.04 Å². The van der Waals surface area contributed by atoms with Gasteiger partial charge in [0.1, 0.15) is 0 Å². The summed E-state index contributed by atoms with van der Waals surface area (Å²) in [7, 11) is 0. The summed E-state index contributed by atoms with van der Waals surface area (Å²) < 4.78 is 0. The van der Waals surface area contributed by atoms with Gasteiger partial charge in [-0.2, -0.15) is 0 Å². The molecule has 1 aliphatic carbocycles. The Morgan fingerprint density at radius 2 is 1.59 bits per heavy atom. The van der Waals surface area contributed by atoms with Crippen molar-refractivity contribution < 1.29 is 0 Å². The third-order valence-corrected chi connectivity index (χ3v) is 4.97. The normalized spacial score (nSPS) is 27.9. The third-order valence-electron chi connectivity index (χ3n) is 4.97. The average Bonchev–Trinajstić information content (AvgIpc) is 2.62. The topological polar surface area (TPSA) is 29.3 Å².